The average molecular weight is 393 g/mol. The fraction of sp³-hybridized carbons (Fsp3) is 0.667. The maximum absolute atomic E-state index is 11.3. The highest BCUT2D eigenvalue weighted by atomic mass is 28.4. The topological polar surface area (TPSA) is 57.3 Å². The van der Waals surface area contributed by atoms with Crippen LogP contribution in [0.15, 0.2) is 30.3 Å². The average Bonchev–Trinajstić information content (AvgIpc) is 3.26. The van der Waals surface area contributed by atoms with Crippen LogP contribution in [-0.4, -0.2) is 45.1 Å². The molecule has 2 heterocycles. The van der Waals surface area contributed by atoms with Gasteiger partial charge in [-0.3, -0.25) is 0 Å². The Morgan fingerprint density at radius 1 is 1.26 bits per heavy atom. The molecule has 2 saturated heterocycles. The van der Waals surface area contributed by atoms with Crippen molar-refractivity contribution >= 4 is 14.6 Å². The summed E-state index contributed by atoms with van der Waals surface area (Å²) in [5, 5.41) is 0.0984. The van der Waals surface area contributed by atoms with Gasteiger partial charge in [0.15, 0.2) is 20.9 Å². The fourth-order valence-electron chi connectivity index (χ4n) is 3.10. The molecule has 0 N–H and O–H groups in total. The maximum Gasteiger partial charge on any atom is 0.192 e. The van der Waals surface area contributed by atoms with Crippen LogP contribution in [0.25, 0.3) is 0 Å². The molecule has 1 aromatic carbocycles. The third-order valence-electron chi connectivity index (χ3n) is 6.11. The molecule has 2 fully saturated rings. The van der Waals surface area contributed by atoms with Crippen molar-refractivity contribution < 1.29 is 23.4 Å². The molecule has 0 unspecified atom stereocenters. The van der Waals surface area contributed by atoms with Crippen LogP contribution in [0.3, 0.4) is 0 Å². The molecule has 0 aliphatic carbocycles. The van der Waals surface area contributed by atoms with E-state index in [1.165, 1.54) is 0 Å². The van der Waals surface area contributed by atoms with Gasteiger partial charge < -0.3 is 23.4 Å². The van der Waals surface area contributed by atoms with E-state index in [1.807, 2.05) is 37.3 Å². The first-order valence-corrected chi connectivity index (χ1v) is 12.6. The van der Waals surface area contributed by atoms with Crippen molar-refractivity contribution in [1.29, 1.82) is 0 Å². The first kappa shape index (κ1) is 20.7. The molecule has 2 aliphatic heterocycles. The molecule has 5 nitrogen and oxygen atoms in total. The summed E-state index contributed by atoms with van der Waals surface area (Å²) in [4.78, 5) is 11.3. The molecule has 2 aliphatic rings. The van der Waals surface area contributed by atoms with Crippen LogP contribution >= 0.6 is 0 Å². The van der Waals surface area contributed by atoms with Crippen molar-refractivity contribution in [2.24, 2.45) is 0 Å². The Kier molecular flexibility index (Phi) is 5.67. The molecule has 0 bridgehead atoms. The van der Waals surface area contributed by atoms with Crippen molar-refractivity contribution in [3.05, 3.63) is 35.9 Å². The highest BCUT2D eigenvalue weighted by Crippen LogP contribution is 2.43. The minimum Gasteiger partial charge on any atom is -0.409 e. The van der Waals surface area contributed by atoms with Gasteiger partial charge in [0, 0.05) is 12.0 Å². The maximum atomic E-state index is 11.3. The van der Waals surface area contributed by atoms with Gasteiger partial charge in [-0.2, -0.15) is 0 Å². The Labute approximate surface area is 163 Å². The zero-order valence-electron chi connectivity index (χ0n) is 17.2. The SMILES string of the molecule is CC(C)(C)[Si](C)(C)O[C@@H]1CO[C@@H](c2ccccc2)O[C@H]1C[C@H]1O[C@]1(C)C=O. The number of hydrogen-bond acceptors (Lipinski definition) is 5. The minimum atomic E-state index is -1.98. The van der Waals surface area contributed by atoms with Crippen LogP contribution in [0.5, 0.6) is 0 Å². The molecule has 1 aromatic rings. The summed E-state index contributed by atoms with van der Waals surface area (Å²) >= 11 is 0. The molecule has 5 atom stereocenters. The first-order chi connectivity index (χ1) is 12.6. The van der Waals surface area contributed by atoms with E-state index in [9.17, 15) is 4.79 Å². The third kappa shape index (κ3) is 4.51. The molecule has 0 aromatic heterocycles. The Hall–Kier alpha value is -1.05. The lowest BCUT2D eigenvalue weighted by molar-refractivity contribution is -0.255. The smallest absolute Gasteiger partial charge is 0.192 e. The van der Waals surface area contributed by atoms with Gasteiger partial charge in [0.2, 0.25) is 0 Å². The molecule has 0 spiro atoms. The number of benzene rings is 1. The number of aldehydes is 1. The van der Waals surface area contributed by atoms with Gasteiger partial charge in [-0.15, -0.1) is 0 Å². The molecule has 3 rings (SSSR count). The largest absolute Gasteiger partial charge is 0.409 e. The second kappa shape index (κ2) is 7.41. The summed E-state index contributed by atoms with van der Waals surface area (Å²) in [5.41, 5.74) is 0.300. The van der Waals surface area contributed by atoms with Crippen molar-refractivity contribution in [2.75, 3.05) is 6.61 Å². The predicted molar refractivity (Wildman–Crippen MR) is 106 cm³/mol. The van der Waals surface area contributed by atoms with Crippen molar-refractivity contribution in [3.63, 3.8) is 0 Å². The van der Waals surface area contributed by atoms with Gasteiger partial charge in [0.1, 0.15) is 5.60 Å². The lowest BCUT2D eigenvalue weighted by Crippen LogP contribution is -2.52. The molecule has 6 heteroatoms. The van der Waals surface area contributed by atoms with Gasteiger partial charge in [-0.1, -0.05) is 51.1 Å². The first-order valence-electron chi connectivity index (χ1n) is 9.70. The number of epoxide rings is 1. The molecule has 0 saturated carbocycles. The second-order valence-corrected chi connectivity index (χ2v) is 14.1. The molecule has 0 radical (unpaired) electrons. The van der Waals surface area contributed by atoms with Crippen molar-refractivity contribution in [2.45, 2.75) is 82.5 Å². The zero-order chi connectivity index (χ0) is 19.9. The van der Waals surface area contributed by atoms with E-state index >= 15 is 0 Å². The van der Waals surface area contributed by atoms with Crippen molar-refractivity contribution in [1.82, 2.24) is 0 Å². The highest BCUT2D eigenvalue weighted by Gasteiger charge is 2.55. The zero-order valence-corrected chi connectivity index (χ0v) is 18.2. The Balaban J connectivity index is 1.75. The number of rotatable bonds is 6. The van der Waals surface area contributed by atoms with E-state index in [4.69, 9.17) is 18.6 Å². The van der Waals surface area contributed by atoms with Crippen molar-refractivity contribution in [3.8, 4) is 0 Å². The lowest BCUT2D eigenvalue weighted by Gasteiger charge is -2.44. The van der Waals surface area contributed by atoms with Crippen LogP contribution in [0, 0.1) is 0 Å². The summed E-state index contributed by atoms with van der Waals surface area (Å²) < 4.78 is 24.5. The number of hydrogen-bond donors (Lipinski definition) is 0. The predicted octanol–water partition coefficient (Wildman–Crippen LogP) is 4.24. The summed E-state index contributed by atoms with van der Waals surface area (Å²) in [7, 11) is -1.98. The Bertz CT molecular complexity index is 656. The lowest BCUT2D eigenvalue weighted by atomic mass is 10.0. The van der Waals surface area contributed by atoms with E-state index in [-0.39, 0.29) is 23.4 Å². The monoisotopic (exact) mass is 392 g/mol. The normalized spacial score (nSPS) is 34.3. The summed E-state index contributed by atoms with van der Waals surface area (Å²) in [6, 6.07) is 9.92. The minimum absolute atomic E-state index is 0.0984. The van der Waals surface area contributed by atoms with E-state index in [0.717, 1.165) is 11.8 Å². The standard InChI is InChI=1S/C21H32O5Si/c1-20(2,3)27(5,6)26-17-13-23-19(15-10-8-7-9-11-15)24-16(17)12-18-21(4,14-22)25-18/h7-11,14,16-19H,12-13H2,1-6H3/t16-,17+,18+,19+,21+/m0/s1. The fourth-order valence-corrected chi connectivity index (χ4v) is 4.43. The molecular formula is C21H32O5Si. The van der Waals surface area contributed by atoms with Crippen LogP contribution < -0.4 is 0 Å². The van der Waals surface area contributed by atoms with Crippen LogP contribution in [-0.2, 0) is 23.4 Å². The molecule has 27 heavy (non-hydrogen) atoms. The quantitative estimate of drug-likeness (QED) is 0.412. The number of ether oxygens (including phenoxy) is 3. The summed E-state index contributed by atoms with van der Waals surface area (Å²) in [6.07, 6.45) is 0.629. The van der Waals surface area contributed by atoms with E-state index in [0.29, 0.717) is 13.0 Å². The third-order valence-corrected chi connectivity index (χ3v) is 10.6. The van der Waals surface area contributed by atoms with Gasteiger partial charge in [-0.25, -0.2) is 0 Å². The Morgan fingerprint density at radius 3 is 2.48 bits per heavy atom. The highest BCUT2D eigenvalue weighted by molar-refractivity contribution is 6.74. The van der Waals surface area contributed by atoms with E-state index in [1.54, 1.807) is 0 Å². The molecule has 150 valence electrons. The molecular weight excluding hydrogens is 360 g/mol. The molecule has 0 amide bonds. The van der Waals surface area contributed by atoms with E-state index in [2.05, 4.69) is 33.9 Å². The van der Waals surface area contributed by atoms with E-state index < -0.39 is 20.2 Å². The van der Waals surface area contributed by atoms with Gasteiger partial charge in [0.05, 0.1) is 24.9 Å². The second-order valence-electron chi connectivity index (χ2n) is 9.31. The van der Waals surface area contributed by atoms with Crippen LogP contribution in [0.1, 0.15) is 46.0 Å². The van der Waals surface area contributed by atoms with Crippen LogP contribution in [0.2, 0.25) is 18.1 Å². The summed E-state index contributed by atoms with van der Waals surface area (Å²) in [5.74, 6) is 0. The van der Waals surface area contributed by atoms with Gasteiger partial charge in [0.25, 0.3) is 0 Å². The van der Waals surface area contributed by atoms with Gasteiger partial charge in [-0.05, 0) is 25.1 Å². The van der Waals surface area contributed by atoms with Crippen LogP contribution in [0.4, 0.5) is 0 Å². The number of carbonyl (C=O) groups is 1. The summed E-state index contributed by atoms with van der Waals surface area (Å²) in [6.45, 7) is 13.4. The van der Waals surface area contributed by atoms with Gasteiger partial charge >= 0.3 is 0 Å². The number of carbonyl (C=O) groups excluding carboxylic acids is 1. The Morgan fingerprint density at radius 2 is 1.93 bits per heavy atom.